The molecule has 0 radical (unpaired) electrons. The van der Waals surface area contributed by atoms with E-state index in [0.29, 0.717) is 31.6 Å². The molecule has 1 aromatic heterocycles. The van der Waals surface area contributed by atoms with Gasteiger partial charge in [0.2, 0.25) is 5.91 Å². The van der Waals surface area contributed by atoms with Crippen molar-refractivity contribution in [3.05, 3.63) is 52.2 Å². The number of nitrogens with one attached hydrogen (secondary N) is 1. The quantitative estimate of drug-likeness (QED) is 0.916. The van der Waals surface area contributed by atoms with Gasteiger partial charge in [0.1, 0.15) is 11.5 Å². The van der Waals surface area contributed by atoms with Crippen LogP contribution in [0.2, 0.25) is 0 Å². The Morgan fingerprint density at radius 3 is 2.76 bits per heavy atom. The van der Waals surface area contributed by atoms with Gasteiger partial charge >= 0.3 is 0 Å². The van der Waals surface area contributed by atoms with Gasteiger partial charge in [-0.1, -0.05) is 0 Å². The number of carbonyl (C=O) groups is 2. The van der Waals surface area contributed by atoms with Crippen molar-refractivity contribution in [1.29, 1.82) is 0 Å². The predicted molar refractivity (Wildman–Crippen MR) is 90.1 cm³/mol. The Morgan fingerprint density at radius 1 is 1.28 bits per heavy atom. The van der Waals surface area contributed by atoms with E-state index in [1.165, 1.54) is 39.9 Å². The molecule has 1 aliphatic rings. The minimum atomic E-state index is -0.522. The highest BCUT2D eigenvalue weighted by molar-refractivity contribution is 6.03. The highest BCUT2D eigenvalue weighted by Gasteiger charge is 2.24. The number of amides is 2. The molecular formula is C17H17FN4O3. The number of anilines is 2. The van der Waals surface area contributed by atoms with Crippen LogP contribution >= 0.6 is 0 Å². The zero-order chi connectivity index (χ0) is 18.0. The first-order chi connectivity index (χ1) is 12.0. The normalized spacial score (nSPS) is 14.0. The van der Waals surface area contributed by atoms with Crippen molar-refractivity contribution in [2.45, 2.75) is 26.3 Å². The van der Waals surface area contributed by atoms with Crippen molar-refractivity contribution in [2.24, 2.45) is 0 Å². The van der Waals surface area contributed by atoms with Crippen LogP contribution in [0.3, 0.4) is 0 Å². The van der Waals surface area contributed by atoms with Gasteiger partial charge in [0, 0.05) is 31.3 Å². The summed E-state index contributed by atoms with van der Waals surface area (Å²) in [4.78, 5) is 37.0. The molecule has 1 N–H and O–H groups in total. The first-order valence-electron chi connectivity index (χ1n) is 7.99. The van der Waals surface area contributed by atoms with Crippen LogP contribution in [0.5, 0.6) is 0 Å². The summed E-state index contributed by atoms with van der Waals surface area (Å²) in [5.41, 5.74) is 0.268. The topological polar surface area (TPSA) is 84.3 Å². The molecule has 1 aliphatic heterocycles. The lowest BCUT2D eigenvalue weighted by atomic mass is 10.2. The van der Waals surface area contributed by atoms with E-state index >= 15 is 0 Å². The van der Waals surface area contributed by atoms with Crippen molar-refractivity contribution in [3.63, 3.8) is 0 Å². The van der Waals surface area contributed by atoms with Crippen molar-refractivity contribution >= 4 is 23.2 Å². The van der Waals surface area contributed by atoms with E-state index in [-0.39, 0.29) is 22.8 Å². The smallest absolute Gasteiger partial charge is 0.276 e. The molecule has 7 nitrogen and oxygen atoms in total. The molecule has 130 valence electrons. The first-order valence-corrected chi connectivity index (χ1v) is 7.99. The van der Waals surface area contributed by atoms with Crippen LogP contribution in [0.4, 0.5) is 15.8 Å². The second-order valence-corrected chi connectivity index (χ2v) is 5.64. The van der Waals surface area contributed by atoms with Gasteiger partial charge in [-0.25, -0.2) is 9.07 Å². The summed E-state index contributed by atoms with van der Waals surface area (Å²) in [7, 11) is 0. The average molecular weight is 344 g/mol. The Labute approximate surface area is 143 Å². The molecule has 25 heavy (non-hydrogen) atoms. The molecule has 0 atom stereocenters. The SMILES string of the molecule is CCn1nc(C(=O)Nc2ccc(F)c(N3CCCC3=O)c2)ccc1=O. The number of hydrogen-bond acceptors (Lipinski definition) is 4. The Hall–Kier alpha value is -3.03. The summed E-state index contributed by atoms with van der Waals surface area (Å²) in [5, 5.41) is 6.58. The van der Waals surface area contributed by atoms with E-state index in [4.69, 9.17) is 0 Å². The summed E-state index contributed by atoms with van der Waals surface area (Å²) in [5.74, 6) is -1.18. The van der Waals surface area contributed by atoms with E-state index in [0.717, 1.165) is 0 Å². The van der Waals surface area contributed by atoms with E-state index < -0.39 is 11.7 Å². The van der Waals surface area contributed by atoms with Crippen LogP contribution in [0.15, 0.2) is 35.1 Å². The maximum atomic E-state index is 14.0. The maximum Gasteiger partial charge on any atom is 0.276 e. The third-order valence-electron chi connectivity index (χ3n) is 3.97. The summed E-state index contributed by atoms with van der Waals surface area (Å²) < 4.78 is 15.2. The zero-order valence-corrected chi connectivity index (χ0v) is 13.7. The molecule has 0 saturated carbocycles. The number of nitrogens with zero attached hydrogens (tertiary/aromatic N) is 3. The van der Waals surface area contributed by atoms with Crippen LogP contribution in [0, 0.1) is 5.82 Å². The number of hydrogen-bond donors (Lipinski definition) is 1. The van der Waals surface area contributed by atoms with E-state index in [2.05, 4.69) is 10.4 Å². The molecule has 0 spiro atoms. The summed E-state index contributed by atoms with van der Waals surface area (Å²) in [6, 6.07) is 6.64. The minimum absolute atomic E-state index is 0.0737. The maximum absolute atomic E-state index is 14.0. The Bertz CT molecular complexity index is 894. The van der Waals surface area contributed by atoms with Crippen LogP contribution in [0.25, 0.3) is 0 Å². The fourth-order valence-corrected chi connectivity index (χ4v) is 2.69. The molecule has 0 aliphatic carbocycles. The molecule has 0 unspecified atom stereocenters. The van der Waals surface area contributed by atoms with E-state index in [9.17, 15) is 18.8 Å². The highest BCUT2D eigenvalue weighted by atomic mass is 19.1. The monoisotopic (exact) mass is 344 g/mol. The van der Waals surface area contributed by atoms with Gasteiger partial charge in [-0.3, -0.25) is 14.4 Å². The lowest BCUT2D eigenvalue weighted by Gasteiger charge is -2.17. The van der Waals surface area contributed by atoms with Gasteiger partial charge in [0.25, 0.3) is 11.5 Å². The van der Waals surface area contributed by atoms with Crippen molar-refractivity contribution in [1.82, 2.24) is 9.78 Å². The minimum Gasteiger partial charge on any atom is -0.321 e. The Balaban J connectivity index is 1.84. The molecule has 1 aromatic carbocycles. The molecule has 2 amide bonds. The highest BCUT2D eigenvalue weighted by Crippen LogP contribution is 2.27. The molecular weight excluding hydrogens is 327 g/mol. The summed E-state index contributed by atoms with van der Waals surface area (Å²) in [6.45, 7) is 2.54. The van der Waals surface area contributed by atoms with E-state index in [1.807, 2.05) is 0 Å². The van der Waals surface area contributed by atoms with Crippen molar-refractivity contribution in [2.75, 3.05) is 16.8 Å². The third-order valence-corrected chi connectivity index (χ3v) is 3.97. The van der Waals surface area contributed by atoms with Crippen molar-refractivity contribution < 1.29 is 14.0 Å². The third kappa shape index (κ3) is 3.42. The largest absolute Gasteiger partial charge is 0.321 e. The summed E-state index contributed by atoms with van der Waals surface area (Å²) >= 11 is 0. The Kier molecular flexibility index (Phi) is 4.60. The van der Waals surface area contributed by atoms with Gasteiger partial charge in [-0.2, -0.15) is 5.10 Å². The molecule has 3 rings (SSSR count). The molecule has 1 saturated heterocycles. The lowest BCUT2D eigenvalue weighted by molar-refractivity contribution is -0.117. The van der Waals surface area contributed by atoms with Gasteiger partial charge in [-0.05, 0) is 37.6 Å². The van der Waals surface area contributed by atoms with Crippen LogP contribution in [0.1, 0.15) is 30.3 Å². The first kappa shape index (κ1) is 16.8. The molecule has 1 fully saturated rings. The number of rotatable bonds is 4. The zero-order valence-electron chi connectivity index (χ0n) is 13.7. The number of aromatic nitrogens is 2. The second-order valence-electron chi connectivity index (χ2n) is 5.64. The van der Waals surface area contributed by atoms with Gasteiger partial charge in [0.05, 0.1) is 5.69 Å². The Morgan fingerprint density at radius 2 is 2.08 bits per heavy atom. The van der Waals surface area contributed by atoms with Crippen LogP contribution in [-0.2, 0) is 11.3 Å². The standard InChI is InChI=1S/C17H17FN4O3/c1-2-22-16(24)8-7-13(20-22)17(25)19-11-5-6-12(18)14(10-11)21-9-3-4-15(21)23/h5-8,10H,2-4,9H2,1H3,(H,19,25). The molecule has 2 heterocycles. The lowest BCUT2D eigenvalue weighted by Crippen LogP contribution is -2.26. The fraction of sp³-hybridized carbons (Fsp3) is 0.294. The number of aryl methyl sites for hydroxylation is 1. The van der Waals surface area contributed by atoms with Gasteiger partial charge < -0.3 is 10.2 Å². The molecule has 2 aromatic rings. The number of carbonyl (C=O) groups excluding carboxylic acids is 2. The second kappa shape index (κ2) is 6.84. The average Bonchev–Trinajstić information content (AvgIpc) is 3.02. The van der Waals surface area contributed by atoms with Crippen LogP contribution < -0.4 is 15.8 Å². The molecule has 8 heteroatoms. The van der Waals surface area contributed by atoms with Gasteiger partial charge in [0.15, 0.2) is 0 Å². The van der Waals surface area contributed by atoms with Crippen LogP contribution in [-0.4, -0.2) is 28.1 Å². The fourth-order valence-electron chi connectivity index (χ4n) is 2.69. The van der Waals surface area contributed by atoms with Crippen molar-refractivity contribution in [3.8, 4) is 0 Å². The summed E-state index contributed by atoms with van der Waals surface area (Å²) in [6.07, 6.45) is 1.07. The van der Waals surface area contributed by atoms with E-state index in [1.54, 1.807) is 6.92 Å². The number of halogens is 1. The predicted octanol–water partition coefficient (Wildman–Crippen LogP) is 1.78. The van der Waals surface area contributed by atoms with Gasteiger partial charge in [-0.15, -0.1) is 0 Å². The molecule has 0 bridgehead atoms. The number of benzene rings is 1.